The number of hydrogen-bond acceptors (Lipinski definition) is 2. The number of rotatable bonds is 5. The van der Waals surface area contributed by atoms with E-state index in [2.05, 4.69) is 6.07 Å². The van der Waals surface area contributed by atoms with Gasteiger partial charge in [-0.3, -0.25) is 0 Å². The van der Waals surface area contributed by atoms with Gasteiger partial charge in [0.05, 0.1) is 26.7 Å². The van der Waals surface area contributed by atoms with E-state index >= 15 is 0 Å². The van der Waals surface area contributed by atoms with E-state index in [9.17, 15) is 9.65 Å². The lowest BCUT2D eigenvalue weighted by molar-refractivity contribution is 0.300. The zero-order valence-corrected chi connectivity index (χ0v) is 17.7. The van der Waals surface area contributed by atoms with Gasteiger partial charge in [0.2, 0.25) is 0 Å². The van der Waals surface area contributed by atoms with Crippen molar-refractivity contribution in [2.75, 3.05) is 0 Å². The lowest BCUT2D eigenvalue weighted by Crippen LogP contribution is -1.99. The predicted molar refractivity (Wildman–Crippen MR) is 117 cm³/mol. The lowest BCUT2D eigenvalue weighted by Gasteiger charge is -2.12. The normalized spacial score (nSPS) is 11.2. The Balaban J connectivity index is 1.89. The SMILES string of the molecule is N#C/C(=C\c1cc(Cl)c(OCc2ccccc2F)c(Cl)c1)c1ccc(Cl)cc1Cl. The van der Waals surface area contributed by atoms with Crippen molar-refractivity contribution in [1.82, 2.24) is 0 Å². The maximum Gasteiger partial charge on any atom is 0.157 e. The van der Waals surface area contributed by atoms with E-state index in [1.54, 1.807) is 54.6 Å². The summed E-state index contributed by atoms with van der Waals surface area (Å²) in [6.45, 7) is -0.0227. The van der Waals surface area contributed by atoms with Gasteiger partial charge >= 0.3 is 0 Å². The highest BCUT2D eigenvalue weighted by molar-refractivity contribution is 6.37. The van der Waals surface area contributed by atoms with Crippen molar-refractivity contribution in [2.45, 2.75) is 6.61 Å². The van der Waals surface area contributed by atoms with Crippen molar-refractivity contribution in [2.24, 2.45) is 0 Å². The van der Waals surface area contributed by atoms with Crippen molar-refractivity contribution < 1.29 is 9.13 Å². The largest absolute Gasteiger partial charge is 0.486 e. The minimum atomic E-state index is -0.377. The molecule has 0 atom stereocenters. The summed E-state index contributed by atoms with van der Waals surface area (Å²) < 4.78 is 19.4. The zero-order valence-electron chi connectivity index (χ0n) is 14.7. The number of nitriles is 1. The van der Waals surface area contributed by atoms with Crippen LogP contribution in [0.4, 0.5) is 4.39 Å². The van der Waals surface area contributed by atoms with E-state index in [0.29, 0.717) is 32.3 Å². The van der Waals surface area contributed by atoms with Crippen molar-refractivity contribution in [3.63, 3.8) is 0 Å². The fourth-order valence-corrected chi connectivity index (χ4v) is 3.73. The summed E-state index contributed by atoms with van der Waals surface area (Å²) in [4.78, 5) is 0. The molecule has 0 N–H and O–H groups in total. The Bertz CT molecular complexity index is 1110. The van der Waals surface area contributed by atoms with E-state index in [1.165, 1.54) is 6.07 Å². The van der Waals surface area contributed by atoms with Crippen LogP contribution in [-0.2, 0) is 6.61 Å². The molecule has 0 amide bonds. The monoisotopic (exact) mass is 465 g/mol. The minimum absolute atomic E-state index is 0.0227. The first-order valence-electron chi connectivity index (χ1n) is 8.31. The molecule has 29 heavy (non-hydrogen) atoms. The van der Waals surface area contributed by atoms with Gasteiger partial charge in [0.25, 0.3) is 0 Å². The lowest BCUT2D eigenvalue weighted by atomic mass is 10.0. The molecule has 3 rings (SSSR count). The summed E-state index contributed by atoms with van der Waals surface area (Å²) >= 11 is 24.7. The highest BCUT2D eigenvalue weighted by Crippen LogP contribution is 2.36. The van der Waals surface area contributed by atoms with Crippen LogP contribution in [0.1, 0.15) is 16.7 Å². The molecule has 0 saturated carbocycles. The third-order valence-electron chi connectivity index (χ3n) is 4.00. The van der Waals surface area contributed by atoms with Crippen molar-refractivity contribution >= 4 is 58.1 Å². The molecule has 146 valence electrons. The third-order valence-corrected chi connectivity index (χ3v) is 5.11. The first kappa shape index (κ1) is 21.5. The van der Waals surface area contributed by atoms with Crippen LogP contribution in [0.25, 0.3) is 11.6 Å². The Morgan fingerprint density at radius 2 is 1.66 bits per heavy atom. The smallest absolute Gasteiger partial charge is 0.157 e. The predicted octanol–water partition coefficient (Wildman–Crippen LogP) is 8.08. The van der Waals surface area contributed by atoms with Gasteiger partial charge < -0.3 is 4.74 Å². The van der Waals surface area contributed by atoms with Crippen molar-refractivity contribution in [3.8, 4) is 11.8 Å². The summed E-state index contributed by atoms with van der Waals surface area (Å²) in [6.07, 6.45) is 1.60. The van der Waals surface area contributed by atoms with Crippen LogP contribution >= 0.6 is 46.4 Å². The van der Waals surface area contributed by atoms with Gasteiger partial charge in [0, 0.05) is 16.1 Å². The molecular formula is C22H12Cl4FNO. The molecule has 0 aliphatic heterocycles. The maximum atomic E-state index is 13.8. The summed E-state index contributed by atoms with van der Waals surface area (Å²) in [5, 5.41) is 10.8. The first-order chi connectivity index (χ1) is 13.9. The number of hydrogen-bond donors (Lipinski definition) is 0. The zero-order chi connectivity index (χ0) is 21.0. The molecule has 0 heterocycles. The molecule has 0 saturated heterocycles. The van der Waals surface area contributed by atoms with E-state index < -0.39 is 0 Å². The topological polar surface area (TPSA) is 33.0 Å². The van der Waals surface area contributed by atoms with Gasteiger partial charge in [-0.15, -0.1) is 0 Å². The number of ether oxygens (including phenoxy) is 1. The molecule has 0 unspecified atom stereocenters. The van der Waals surface area contributed by atoms with Crippen LogP contribution in [0.2, 0.25) is 20.1 Å². The molecule has 7 heteroatoms. The standard InChI is InChI=1S/C22H12Cl4FNO/c23-16-5-6-17(18(24)10-16)15(11-28)7-13-8-19(25)22(20(26)9-13)29-12-14-3-1-2-4-21(14)27/h1-10H,12H2/b15-7+. The Morgan fingerprint density at radius 3 is 2.28 bits per heavy atom. The Kier molecular flexibility index (Phi) is 7.05. The molecule has 0 aromatic heterocycles. The highest BCUT2D eigenvalue weighted by Gasteiger charge is 2.13. The van der Waals surface area contributed by atoms with Gasteiger partial charge in [0.1, 0.15) is 12.4 Å². The van der Waals surface area contributed by atoms with Gasteiger partial charge in [-0.1, -0.05) is 70.7 Å². The second-order valence-corrected chi connectivity index (χ2v) is 7.65. The van der Waals surface area contributed by atoms with E-state index in [0.717, 1.165) is 0 Å². The molecule has 0 spiro atoms. The quantitative estimate of drug-likeness (QED) is 0.281. The number of benzene rings is 3. The van der Waals surface area contributed by atoms with Gasteiger partial charge in [-0.05, 0) is 42.0 Å². The molecule has 0 radical (unpaired) electrons. The number of halogens is 5. The minimum Gasteiger partial charge on any atom is -0.486 e. The van der Waals surface area contributed by atoms with Crippen LogP contribution in [-0.4, -0.2) is 0 Å². The van der Waals surface area contributed by atoms with Crippen molar-refractivity contribution in [3.05, 3.63) is 97.2 Å². The molecular weight excluding hydrogens is 455 g/mol. The molecule has 0 aliphatic rings. The van der Waals surface area contributed by atoms with Crippen LogP contribution < -0.4 is 4.74 Å². The van der Waals surface area contributed by atoms with Crippen LogP contribution in [0.15, 0.2) is 54.6 Å². The average molecular weight is 467 g/mol. The maximum absolute atomic E-state index is 13.8. The van der Waals surface area contributed by atoms with Gasteiger partial charge in [-0.2, -0.15) is 5.26 Å². The van der Waals surface area contributed by atoms with Crippen LogP contribution in [0, 0.1) is 17.1 Å². The average Bonchev–Trinajstić information content (AvgIpc) is 2.67. The third kappa shape index (κ3) is 5.23. The Hall–Kier alpha value is -2.22. The summed E-state index contributed by atoms with van der Waals surface area (Å²) in [6, 6.07) is 16.5. The molecule has 3 aromatic rings. The fourth-order valence-electron chi connectivity index (χ4n) is 2.61. The van der Waals surface area contributed by atoms with Gasteiger partial charge in [0.15, 0.2) is 5.75 Å². The van der Waals surface area contributed by atoms with Crippen LogP contribution in [0.5, 0.6) is 5.75 Å². The van der Waals surface area contributed by atoms with Gasteiger partial charge in [-0.25, -0.2) is 4.39 Å². The number of nitrogens with zero attached hydrogens (tertiary/aromatic N) is 1. The molecule has 2 nitrogen and oxygen atoms in total. The summed E-state index contributed by atoms with van der Waals surface area (Å²) in [5.74, 6) is -0.144. The van der Waals surface area contributed by atoms with Crippen LogP contribution in [0.3, 0.4) is 0 Å². The second kappa shape index (κ2) is 9.52. The fraction of sp³-hybridized carbons (Fsp3) is 0.0455. The van der Waals surface area contributed by atoms with E-state index in [4.69, 9.17) is 51.1 Å². The number of allylic oxidation sites excluding steroid dienone is 1. The Morgan fingerprint density at radius 1 is 0.966 bits per heavy atom. The molecule has 0 fully saturated rings. The Labute approximate surface area is 187 Å². The molecule has 3 aromatic carbocycles. The van der Waals surface area contributed by atoms with Crippen molar-refractivity contribution in [1.29, 1.82) is 5.26 Å². The second-order valence-electron chi connectivity index (χ2n) is 5.99. The molecule has 0 aliphatic carbocycles. The molecule has 0 bridgehead atoms. The highest BCUT2D eigenvalue weighted by atomic mass is 35.5. The van der Waals surface area contributed by atoms with E-state index in [-0.39, 0.29) is 28.2 Å². The summed E-state index contributed by atoms with van der Waals surface area (Å²) in [5.41, 5.74) is 1.82. The van der Waals surface area contributed by atoms with E-state index in [1.807, 2.05) is 0 Å². The first-order valence-corrected chi connectivity index (χ1v) is 9.82. The summed E-state index contributed by atoms with van der Waals surface area (Å²) in [7, 11) is 0.